The normalized spacial score (nSPS) is 9.89. The van der Waals surface area contributed by atoms with Crippen molar-refractivity contribution in [2.24, 2.45) is 0 Å². The first kappa shape index (κ1) is 6.40. The zero-order chi connectivity index (χ0) is 6.53. The summed E-state index contributed by atoms with van der Waals surface area (Å²) in [5.74, 6) is 0. The SMILES string of the molecule is CCCCc1c[c]oc1. The van der Waals surface area contributed by atoms with Gasteiger partial charge in [-0.1, -0.05) is 13.3 Å². The third-order valence-electron chi connectivity index (χ3n) is 1.34. The molecule has 0 aliphatic carbocycles. The Bertz CT molecular complexity index is 142. The Hall–Kier alpha value is -0.720. The molecular weight excluding hydrogens is 112 g/mol. The van der Waals surface area contributed by atoms with Gasteiger partial charge in [-0.15, -0.1) is 0 Å². The summed E-state index contributed by atoms with van der Waals surface area (Å²) in [7, 11) is 0. The van der Waals surface area contributed by atoms with Crippen LogP contribution < -0.4 is 0 Å². The molecule has 1 heteroatoms. The molecule has 0 N–H and O–H groups in total. The van der Waals surface area contributed by atoms with Gasteiger partial charge in [-0.2, -0.15) is 0 Å². The highest BCUT2D eigenvalue weighted by atomic mass is 16.3. The lowest BCUT2D eigenvalue weighted by Crippen LogP contribution is -1.77. The van der Waals surface area contributed by atoms with Crippen molar-refractivity contribution >= 4 is 0 Å². The van der Waals surface area contributed by atoms with Gasteiger partial charge in [0.15, 0.2) is 6.26 Å². The van der Waals surface area contributed by atoms with E-state index >= 15 is 0 Å². The number of furan rings is 1. The van der Waals surface area contributed by atoms with E-state index in [4.69, 9.17) is 4.42 Å². The highest BCUT2D eigenvalue weighted by molar-refractivity contribution is 5.03. The molecule has 1 aromatic rings. The number of hydrogen-bond acceptors (Lipinski definition) is 1. The van der Waals surface area contributed by atoms with Crippen LogP contribution in [0.1, 0.15) is 25.3 Å². The highest BCUT2D eigenvalue weighted by Crippen LogP contribution is 2.03. The summed E-state index contributed by atoms with van der Waals surface area (Å²) in [6.07, 6.45) is 8.04. The van der Waals surface area contributed by atoms with E-state index in [1.54, 1.807) is 6.26 Å². The van der Waals surface area contributed by atoms with E-state index in [0.29, 0.717) is 0 Å². The fraction of sp³-hybridized carbons (Fsp3) is 0.500. The topological polar surface area (TPSA) is 13.1 Å². The number of rotatable bonds is 3. The zero-order valence-corrected chi connectivity index (χ0v) is 5.68. The summed E-state index contributed by atoms with van der Waals surface area (Å²) in [5, 5.41) is 0. The summed E-state index contributed by atoms with van der Waals surface area (Å²) in [6.45, 7) is 2.18. The van der Waals surface area contributed by atoms with Crippen LogP contribution in [0.25, 0.3) is 0 Å². The Morgan fingerprint density at radius 2 is 2.56 bits per heavy atom. The van der Waals surface area contributed by atoms with E-state index in [9.17, 15) is 0 Å². The van der Waals surface area contributed by atoms with Crippen molar-refractivity contribution in [2.75, 3.05) is 0 Å². The van der Waals surface area contributed by atoms with Gasteiger partial charge in [0, 0.05) is 0 Å². The molecule has 0 unspecified atom stereocenters. The van der Waals surface area contributed by atoms with Crippen molar-refractivity contribution < 1.29 is 4.42 Å². The summed E-state index contributed by atoms with van der Waals surface area (Å²) >= 11 is 0. The average Bonchev–Trinajstić information content (AvgIpc) is 2.34. The van der Waals surface area contributed by atoms with Gasteiger partial charge in [-0.25, -0.2) is 0 Å². The van der Waals surface area contributed by atoms with Gasteiger partial charge in [-0.3, -0.25) is 0 Å². The van der Waals surface area contributed by atoms with Gasteiger partial charge < -0.3 is 4.42 Å². The second-order valence-corrected chi connectivity index (χ2v) is 2.18. The molecule has 0 aromatic carbocycles. The van der Waals surface area contributed by atoms with E-state index in [0.717, 1.165) is 6.42 Å². The third-order valence-corrected chi connectivity index (χ3v) is 1.34. The zero-order valence-electron chi connectivity index (χ0n) is 5.68. The fourth-order valence-electron chi connectivity index (χ4n) is 0.765. The Morgan fingerprint density at radius 3 is 3.11 bits per heavy atom. The van der Waals surface area contributed by atoms with Crippen LogP contribution in [0.5, 0.6) is 0 Å². The minimum Gasteiger partial charge on any atom is -0.461 e. The van der Waals surface area contributed by atoms with E-state index < -0.39 is 0 Å². The molecule has 1 rings (SSSR count). The number of hydrogen-bond donors (Lipinski definition) is 0. The van der Waals surface area contributed by atoms with Gasteiger partial charge in [0.1, 0.15) is 0 Å². The minimum absolute atomic E-state index is 1.13. The number of aryl methyl sites for hydroxylation is 1. The first-order valence-corrected chi connectivity index (χ1v) is 3.37. The Kier molecular flexibility index (Phi) is 2.37. The summed E-state index contributed by atoms with van der Waals surface area (Å²) in [5.41, 5.74) is 1.26. The molecule has 0 aliphatic rings. The molecule has 1 nitrogen and oxygen atoms in total. The van der Waals surface area contributed by atoms with Crippen molar-refractivity contribution in [1.29, 1.82) is 0 Å². The lowest BCUT2D eigenvalue weighted by Gasteiger charge is -1.89. The van der Waals surface area contributed by atoms with Crippen molar-refractivity contribution in [1.82, 2.24) is 0 Å². The van der Waals surface area contributed by atoms with Crippen molar-refractivity contribution in [3.8, 4) is 0 Å². The maximum atomic E-state index is 4.79. The molecule has 0 spiro atoms. The lowest BCUT2D eigenvalue weighted by molar-refractivity contribution is 0.554. The van der Waals surface area contributed by atoms with Crippen LogP contribution in [0.2, 0.25) is 0 Å². The molecule has 9 heavy (non-hydrogen) atoms. The van der Waals surface area contributed by atoms with Gasteiger partial charge in [-0.05, 0) is 24.5 Å². The lowest BCUT2D eigenvalue weighted by atomic mass is 10.2. The van der Waals surface area contributed by atoms with E-state index in [1.165, 1.54) is 18.4 Å². The quantitative estimate of drug-likeness (QED) is 0.601. The van der Waals surface area contributed by atoms with E-state index in [-0.39, 0.29) is 0 Å². The maximum absolute atomic E-state index is 4.79. The maximum Gasteiger partial charge on any atom is 0.169 e. The van der Waals surface area contributed by atoms with Crippen molar-refractivity contribution in [2.45, 2.75) is 26.2 Å². The Morgan fingerprint density at radius 1 is 1.67 bits per heavy atom. The minimum atomic E-state index is 1.13. The van der Waals surface area contributed by atoms with Crippen LogP contribution in [-0.4, -0.2) is 0 Å². The molecule has 0 bridgehead atoms. The molecule has 0 fully saturated rings. The van der Waals surface area contributed by atoms with Gasteiger partial charge in [0.2, 0.25) is 0 Å². The monoisotopic (exact) mass is 123 g/mol. The smallest absolute Gasteiger partial charge is 0.169 e. The first-order chi connectivity index (χ1) is 4.43. The van der Waals surface area contributed by atoms with Crippen LogP contribution in [0.3, 0.4) is 0 Å². The predicted octanol–water partition coefficient (Wildman–Crippen LogP) is 2.42. The van der Waals surface area contributed by atoms with Gasteiger partial charge in [0.25, 0.3) is 0 Å². The molecule has 1 heterocycles. The summed E-state index contributed by atoms with van der Waals surface area (Å²) in [4.78, 5) is 0. The molecule has 49 valence electrons. The van der Waals surface area contributed by atoms with Crippen LogP contribution in [0.15, 0.2) is 16.7 Å². The molecule has 0 saturated carbocycles. The molecule has 0 atom stereocenters. The standard InChI is InChI=1S/C8H11O/c1-2-3-4-8-5-6-9-7-8/h5,7H,2-4H2,1H3. The molecule has 0 amide bonds. The molecule has 0 saturated heterocycles. The van der Waals surface area contributed by atoms with Crippen LogP contribution >= 0.6 is 0 Å². The molecule has 0 aliphatic heterocycles. The average molecular weight is 123 g/mol. The first-order valence-electron chi connectivity index (χ1n) is 3.37. The van der Waals surface area contributed by atoms with Crippen LogP contribution in [0.4, 0.5) is 0 Å². The Labute approximate surface area is 55.7 Å². The van der Waals surface area contributed by atoms with Crippen LogP contribution in [-0.2, 0) is 6.42 Å². The molecular formula is C8H11O. The summed E-state index contributed by atoms with van der Waals surface area (Å²) in [6, 6.07) is 1.90. The van der Waals surface area contributed by atoms with E-state index in [2.05, 4.69) is 13.2 Å². The largest absolute Gasteiger partial charge is 0.461 e. The third kappa shape index (κ3) is 1.92. The molecule has 1 aromatic heterocycles. The van der Waals surface area contributed by atoms with Gasteiger partial charge in [0.05, 0.1) is 6.26 Å². The van der Waals surface area contributed by atoms with Crippen molar-refractivity contribution in [3.05, 3.63) is 24.2 Å². The summed E-state index contributed by atoms with van der Waals surface area (Å²) < 4.78 is 4.79. The highest BCUT2D eigenvalue weighted by Gasteiger charge is 1.91. The van der Waals surface area contributed by atoms with Gasteiger partial charge >= 0.3 is 0 Å². The van der Waals surface area contributed by atoms with Crippen LogP contribution in [0, 0.1) is 6.26 Å². The fourth-order valence-corrected chi connectivity index (χ4v) is 0.765. The predicted molar refractivity (Wildman–Crippen MR) is 36.2 cm³/mol. The second kappa shape index (κ2) is 3.33. The van der Waals surface area contributed by atoms with E-state index in [1.807, 2.05) is 6.07 Å². The van der Waals surface area contributed by atoms with Crippen molar-refractivity contribution in [3.63, 3.8) is 0 Å². The number of unbranched alkanes of at least 4 members (excludes halogenated alkanes) is 1. The Balaban J connectivity index is 2.30. The molecule has 1 radical (unpaired) electrons. The second-order valence-electron chi connectivity index (χ2n) is 2.18.